The lowest BCUT2D eigenvalue weighted by Gasteiger charge is -2.46. The molecule has 2 aliphatic rings. The van der Waals surface area contributed by atoms with Crippen LogP contribution in [0.15, 0.2) is 11.7 Å². The van der Waals surface area contributed by atoms with Gasteiger partial charge in [-0.15, -0.1) is 11.3 Å². The molecule has 4 nitrogen and oxygen atoms in total. The highest BCUT2D eigenvalue weighted by molar-refractivity contribution is 7.09. The largest absolute Gasteiger partial charge is 0.384 e. The van der Waals surface area contributed by atoms with E-state index in [0.717, 1.165) is 43.6 Å². The van der Waals surface area contributed by atoms with Crippen molar-refractivity contribution < 1.29 is 5.11 Å². The van der Waals surface area contributed by atoms with Gasteiger partial charge in [0.2, 0.25) is 0 Å². The van der Waals surface area contributed by atoms with Gasteiger partial charge in [0.05, 0.1) is 10.4 Å². The Labute approximate surface area is 105 Å². The first kappa shape index (κ1) is 11.6. The molecule has 0 amide bonds. The molecule has 2 fully saturated rings. The summed E-state index contributed by atoms with van der Waals surface area (Å²) in [5, 5.41) is 10.6. The molecule has 0 radical (unpaired) electrons. The van der Waals surface area contributed by atoms with E-state index < -0.39 is 5.60 Å². The van der Waals surface area contributed by atoms with Crippen molar-refractivity contribution in [3.8, 4) is 0 Å². The Bertz CT molecular complexity index is 367. The van der Waals surface area contributed by atoms with Gasteiger partial charge in [-0.1, -0.05) is 0 Å². The molecule has 1 saturated carbocycles. The minimum absolute atomic E-state index is 0.373. The SMILES string of the molecule is NC1CN(C2CCC(O)(c3cncs3)CC2)C1. The standard InChI is InChI=1S/C12H19N3OS/c13-9-6-15(7-9)10-1-3-12(16,4-2-10)11-5-14-8-17-11/h5,8-10,16H,1-4,6-7,13H2. The van der Waals surface area contributed by atoms with Crippen molar-refractivity contribution in [3.63, 3.8) is 0 Å². The van der Waals surface area contributed by atoms with Crippen LogP contribution in [0.25, 0.3) is 0 Å². The number of nitrogens with two attached hydrogens (primary N) is 1. The van der Waals surface area contributed by atoms with E-state index in [0.29, 0.717) is 12.1 Å². The summed E-state index contributed by atoms with van der Waals surface area (Å²) in [6.07, 6.45) is 5.66. The molecular weight excluding hydrogens is 234 g/mol. The van der Waals surface area contributed by atoms with Crippen LogP contribution in [0, 0.1) is 0 Å². The molecule has 2 heterocycles. The number of likely N-dealkylation sites (tertiary alicyclic amines) is 1. The van der Waals surface area contributed by atoms with Crippen molar-refractivity contribution >= 4 is 11.3 Å². The monoisotopic (exact) mass is 253 g/mol. The molecule has 17 heavy (non-hydrogen) atoms. The zero-order chi connectivity index (χ0) is 11.9. The smallest absolute Gasteiger partial charge is 0.100 e. The van der Waals surface area contributed by atoms with Crippen molar-refractivity contribution in [2.45, 2.75) is 43.4 Å². The minimum atomic E-state index is -0.620. The summed E-state index contributed by atoms with van der Waals surface area (Å²) in [5.74, 6) is 0. The summed E-state index contributed by atoms with van der Waals surface area (Å²) in [7, 11) is 0. The van der Waals surface area contributed by atoms with Gasteiger partial charge in [0.15, 0.2) is 0 Å². The molecule has 0 atom stereocenters. The number of aliphatic hydroxyl groups is 1. The lowest BCUT2D eigenvalue weighted by molar-refractivity contribution is -0.0353. The summed E-state index contributed by atoms with van der Waals surface area (Å²) in [6.45, 7) is 2.06. The summed E-state index contributed by atoms with van der Waals surface area (Å²) in [4.78, 5) is 7.55. The van der Waals surface area contributed by atoms with Crippen molar-refractivity contribution in [1.29, 1.82) is 0 Å². The summed E-state index contributed by atoms with van der Waals surface area (Å²) in [6, 6.07) is 1.00. The van der Waals surface area contributed by atoms with Crippen LogP contribution < -0.4 is 5.73 Å². The van der Waals surface area contributed by atoms with E-state index in [1.54, 1.807) is 16.8 Å². The third-order valence-corrected chi connectivity index (χ3v) is 5.09. The molecule has 1 aliphatic heterocycles. The second-order valence-electron chi connectivity index (χ2n) is 5.34. The molecule has 1 saturated heterocycles. The van der Waals surface area contributed by atoms with E-state index in [-0.39, 0.29) is 0 Å². The molecule has 1 aliphatic carbocycles. The average molecular weight is 253 g/mol. The average Bonchev–Trinajstić information content (AvgIpc) is 2.80. The minimum Gasteiger partial charge on any atom is -0.384 e. The molecule has 1 aromatic rings. The number of hydrogen-bond acceptors (Lipinski definition) is 5. The van der Waals surface area contributed by atoms with E-state index >= 15 is 0 Å². The predicted molar refractivity (Wildman–Crippen MR) is 67.8 cm³/mol. The van der Waals surface area contributed by atoms with Gasteiger partial charge in [-0.2, -0.15) is 0 Å². The predicted octanol–water partition coefficient (Wildman–Crippen LogP) is 0.916. The number of thiazole rings is 1. The maximum atomic E-state index is 10.6. The zero-order valence-corrected chi connectivity index (χ0v) is 10.7. The van der Waals surface area contributed by atoms with Gasteiger partial charge in [-0.3, -0.25) is 9.88 Å². The fourth-order valence-corrected chi connectivity index (χ4v) is 3.76. The van der Waals surface area contributed by atoms with Crippen LogP contribution >= 0.6 is 11.3 Å². The Hall–Kier alpha value is -0.490. The van der Waals surface area contributed by atoms with Gasteiger partial charge in [-0.25, -0.2) is 0 Å². The fourth-order valence-electron chi connectivity index (χ4n) is 2.98. The van der Waals surface area contributed by atoms with E-state index in [1.165, 1.54) is 0 Å². The summed E-state index contributed by atoms with van der Waals surface area (Å²) < 4.78 is 0. The topological polar surface area (TPSA) is 62.4 Å². The molecule has 0 spiro atoms. The third-order valence-electron chi connectivity index (χ3n) is 4.13. The molecule has 3 rings (SSSR count). The van der Waals surface area contributed by atoms with Crippen LogP contribution in [0.4, 0.5) is 0 Å². The summed E-state index contributed by atoms with van der Waals surface area (Å²) >= 11 is 1.56. The van der Waals surface area contributed by atoms with Crippen LogP contribution in [0.5, 0.6) is 0 Å². The Balaban J connectivity index is 1.60. The molecule has 3 N–H and O–H groups in total. The van der Waals surface area contributed by atoms with Crippen molar-refractivity contribution in [3.05, 3.63) is 16.6 Å². The van der Waals surface area contributed by atoms with Gasteiger partial charge in [-0.05, 0) is 25.7 Å². The van der Waals surface area contributed by atoms with Crippen LogP contribution in [0.2, 0.25) is 0 Å². The molecule has 5 heteroatoms. The number of aromatic nitrogens is 1. The van der Waals surface area contributed by atoms with Crippen molar-refractivity contribution in [1.82, 2.24) is 9.88 Å². The lowest BCUT2D eigenvalue weighted by Crippen LogP contribution is -2.60. The van der Waals surface area contributed by atoms with Crippen LogP contribution in [-0.4, -0.2) is 40.2 Å². The molecule has 94 valence electrons. The van der Waals surface area contributed by atoms with Gasteiger partial charge in [0.25, 0.3) is 0 Å². The highest BCUT2D eigenvalue weighted by Crippen LogP contribution is 2.40. The van der Waals surface area contributed by atoms with E-state index in [1.807, 2.05) is 6.20 Å². The van der Waals surface area contributed by atoms with Gasteiger partial charge in [0, 0.05) is 31.4 Å². The third kappa shape index (κ3) is 2.12. The normalized spacial score (nSPS) is 35.8. The first-order chi connectivity index (χ1) is 8.17. The molecule has 1 aromatic heterocycles. The molecular formula is C12H19N3OS. The Kier molecular flexibility index (Phi) is 2.94. The van der Waals surface area contributed by atoms with E-state index in [4.69, 9.17) is 5.73 Å². The fraction of sp³-hybridized carbons (Fsp3) is 0.750. The Morgan fingerprint density at radius 2 is 2.12 bits per heavy atom. The first-order valence-corrected chi connectivity index (χ1v) is 7.16. The van der Waals surface area contributed by atoms with Crippen LogP contribution in [-0.2, 0) is 5.60 Å². The number of rotatable bonds is 2. The maximum absolute atomic E-state index is 10.6. The summed E-state index contributed by atoms with van der Waals surface area (Å²) in [5.41, 5.74) is 6.99. The second kappa shape index (κ2) is 4.31. The Morgan fingerprint density at radius 3 is 2.65 bits per heavy atom. The highest BCUT2D eigenvalue weighted by atomic mass is 32.1. The van der Waals surface area contributed by atoms with Crippen LogP contribution in [0.3, 0.4) is 0 Å². The second-order valence-corrected chi connectivity index (χ2v) is 6.23. The Morgan fingerprint density at radius 1 is 1.41 bits per heavy atom. The van der Waals surface area contributed by atoms with Gasteiger partial charge in [0.1, 0.15) is 5.60 Å². The first-order valence-electron chi connectivity index (χ1n) is 6.28. The van der Waals surface area contributed by atoms with Gasteiger partial charge >= 0.3 is 0 Å². The van der Waals surface area contributed by atoms with Crippen molar-refractivity contribution in [2.24, 2.45) is 5.73 Å². The maximum Gasteiger partial charge on any atom is 0.100 e. The van der Waals surface area contributed by atoms with Gasteiger partial charge < -0.3 is 10.8 Å². The lowest BCUT2D eigenvalue weighted by atomic mass is 9.80. The number of hydrogen-bond donors (Lipinski definition) is 2. The quantitative estimate of drug-likeness (QED) is 0.822. The zero-order valence-electron chi connectivity index (χ0n) is 9.88. The number of nitrogens with zero attached hydrogens (tertiary/aromatic N) is 2. The van der Waals surface area contributed by atoms with Crippen molar-refractivity contribution in [2.75, 3.05) is 13.1 Å². The van der Waals surface area contributed by atoms with E-state index in [2.05, 4.69) is 9.88 Å². The molecule has 0 unspecified atom stereocenters. The molecule has 0 bridgehead atoms. The van der Waals surface area contributed by atoms with Crippen LogP contribution in [0.1, 0.15) is 30.6 Å². The molecule has 0 aromatic carbocycles. The van der Waals surface area contributed by atoms with E-state index in [9.17, 15) is 5.11 Å². The highest BCUT2D eigenvalue weighted by Gasteiger charge is 2.39.